The van der Waals surface area contributed by atoms with Gasteiger partial charge in [-0.1, -0.05) is 23.4 Å². The van der Waals surface area contributed by atoms with Crippen molar-refractivity contribution in [3.05, 3.63) is 47.6 Å². The minimum atomic E-state index is 0.156. The number of benzene rings is 1. The summed E-state index contributed by atoms with van der Waals surface area (Å²) in [4.78, 5) is 23.9. The van der Waals surface area contributed by atoms with Crippen LogP contribution in [0.25, 0.3) is 5.57 Å². The van der Waals surface area contributed by atoms with Crippen molar-refractivity contribution in [2.45, 2.75) is 39.2 Å². The highest BCUT2D eigenvalue weighted by Gasteiger charge is 2.27. The highest BCUT2D eigenvalue weighted by molar-refractivity contribution is 5.76. The van der Waals surface area contributed by atoms with Gasteiger partial charge in [-0.2, -0.15) is 4.98 Å². The second-order valence-electron chi connectivity index (χ2n) is 8.47. The lowest BCUT2D eigenvalue weighted by Gasteiger charge is -2.41. The Labute approximate surface area is 178 Å². The number of hydrogen-bond acceptors (Lipinski definition) is 6. The standard InChI is InChI=1S/C23H31N5O2/c1-17-5-4-6-20(15-17)28-14-13-27(16-18(28)2)22(29)8-7-21-24-23(25-30-21)19-9-11-26(3)12-10-19/h4-6,9,15,18H,7-8,10-14,16H2,1-3H3/t18-/m1/s1. The number of anilines is 1. The minimum Gasteiger partial charge on any atom is -0.365 e. The molecule has 0 bridgehead atoms. The summed E-state index contributed by atoms with van der Waals surface area (Å²) in [6.07, 6.45) is 3.97. The Morgan fingerprint density at radius 1 is 1.27 bits per heavy atom. The number of amides is 1. The summed E-state index contributed by atoms with van der Waals surface area (Å²) in [5.74, 6) is 1.37. The molecule has 2 aromatic rings. The van der Waals surface area contributed by atoms with Gasteiger partial charge in [0.2, 0.25) is 11.8 Å². The third kappa shape index (κ3) is 4.73. The molecule has 1 amide bonds. The molecular weight excluding hydrogens is 378 g/mol. The maximum Gasteiger partial charge on any atom is 0.227 e. The van der Waals surface area contributed by atoms with Gasteiger partial charge in [-0.25, -0.2) is 0 Å². The zero-order chi connectivity index (χ0) is 21.1. The second-order valence-corrected chi connectivity index (χ2v) is 8.47. The van der Waals surface area contributed by atoms with E-state index in [1.807, 2.05) is 4.90 Å². The molecule has 2 aliphatic rings. The fourth-order valence-corrected chi connectivity index (χ4v) is 4.21. The fraction of sp³-hybridized carbons (Fsp3) is 0.522. The van der Waals surface area contributed by atoms with Crippen LogP contribution in [0.1, 0.15) is 37.0 Å². The number of carbonyl (C=O) groups is 1. The Morgan fingerprint density at radius 2 is 2.13 bits per heavy atom. The zero-order valence-electron chi connectivity index (χ0n) is 18.2. The molecule has 0 unspecified atom stereocenters. The summed E-state index contributed by atoms with van der Waals surface area (Å²) < 4.78 is 5.40. The van der Waals surface area contributed by atoms with Crippen molar-refractivity contribution in [3.8, 4) is 0 Å². The lowest BCUT2D eigenvalue weighted by molar-refractivity contribution is -0.132. The highest BCUT2D eigenvalue weighted by Crippen LogP contribution is 2.23. The molecule has 7 heteroatoms. The summed E-state index contributed by atoms with van der Waals surface area (Å²) in [7, 11) is 2.10. The Bertz CT molecular complexity index is 922. The summed E-state index contributed by atoms with van der Waals surface area (Å²) >= 11 is 0. The largest absolute Gasteiger partial charge is 0.365 e. The number of aryl methyl sites for hydroxylation is 2. The van der Waals surface area contributed by atoms with Crippen molar-refractivity contribution >= 4 is 17.2 Å². The molecule has 1 aromatic heterocycles. The molecule has 1 saturated heterocycles. The van der Waals surface area contributed by atoms with Crippen LogP contribution in [0, 0.1) is 6.92 Å². The van der Waals surface area contributed by atoms with Crippen molar-refractivity contribution in [2.24, 2.45) is 0 Å². The van der Waals surface area contributed by atoms with Crippen molar-refractivity contribution in [1.29, 1.82) is 0 Å². The van der Waals surface area contributed by atoms with Crippen LogP contribution in [0.5, 0.6) is 0 Å². The van der Waals surface area contributed by atoms with E-state index in [9.17, 15) is 4.79 Å². The van der Waals surface area contributed by atoms with Crippen LogP contribution in [-0.4, -0.2) is 71.7 Å². The summed E-state index contributed by atoms with van der Waals surface area (Å²) in [5.41, 5.74) is 3.62. The van der Waals surface area contributed by atoms with Crippen LogP contribution in [0.3, 0.4) is 0 Å². The molecular formula is C23H31N5O2. The topological polar surface area (TPSA) is 65.7 Å². The number of rotatable bonds is 5. The van der Waals surface area contributed by atoms with E-state index in [-0.39, 0.29) is 11.9 Å². The first-order chi connectivity index (χ1) is 14.5. The lowest BCUT2D eigenvalue weighted by Crippen LogP contribution is -2.53. The first kappa shape index (κ1) is 20.6. The zero-order valence-corrected chi connectivity index (χ0v) is 18.2. The van der Waals surface area contributed by atoms with Gasteiger partial charge in [0, 0.05) is 57.3 Å². The average molecular weight is 410 g/mol. The van der Waals surface area contributed by atoms with Gasteiger partial charge in [-0.15, -0.1) is 0 Å². The molecule has 0 spiro atoms. The van der Waals surface area contributed by atoms with Crippen molar-refractivity contribution < 1.29 is 9.32 Å². The first-order valence-corrected chi connectivity index (χ1v) is 10.8. The Kier molecular flexibility index (Phi) is 6.18. The molecule has 1 fully saturated rings. The quantitative estimate of drug-likeness (QED) is 0.757. The third-order valence-electron chi connectivity index (χ3n) is 6.03. The van der Waals surface area contributed by atoms with Crippen LogP contribution in [0.2, 0.25) is 0 Å². The van der Waals surface area contributed by atoms with Crippen LogP contribution in [-0.2, 0) is 11.2 Å². The van der Waals surface area contributed by atoms with E-state index >= 15 is 0 Å². The molecule has 1 atom stereocenters. The minimum absolute atomic E-state index is 0.156. The Hall–Kier alpha value is -2.67. The predicted octanol–water partition coefficient (Wildman–Crippen LogP) is 2.77. The highest BCUT2D eigenvalue weighted by atomic mass is 16.5. The molecule has 7 nitrogen and oxygen atoms in total. The van der Waals surface area contributed by atoms with Gasteiger partial charge >= 0.3 is 0 Å². The smallest absolute Gasteiger partial charge is 0.227 e. The summed E-state index contributed by atoms with van der Waals surface area (Å²) in [6.45, 7) is 8.53. The summed E-state index contributed by atoms with van der Waals surface area (Å²) in [6, 6.07) is 8.85. The van der Waals surface area contributed by atoms with Crippen LogP contribution >= 0.6 is 0 Å². The van der Waals surface area contributed by atoms with Crippen molar-refractivity contribution in [3.63, 3.8) is 0 Å². The third-order valence-corrected chi connectivity index (χ3v) is 6.03. The molecule has 1 aromatic carbocycles. The number of aromatic nitrogens is 2. The van der Waals surface area contributed by atoms with Crippen molar-refractivity contribution in [2.75, 3.05) is 44.7 Å². The first-order valence-electron chi connectivity index (χ1n) is 10.8. The van der Waals surface area contributed by atoms with Crippen molar-refractivity contribution in [1.82, 2.24) is 19.9 Å². The maximum absolute atomic E-state index is 12.8. The molecule has 4 rings (SSSR count). The van der Waals surface area contributed by atoms with E-state index in [0.717, 1.165) is 44.7 Å². The average Bonchev–Trinajstić information content (AvgIpc) is 3.21. The van der Waals surface area contributed by atoms with Gasteiger partial charge in [0.1, 0.15) is 0 Å². The molecule has 0 radical (unpaired) electrons. The number of carbonyl (C=O) groups excluding carboxylic acids is 1. The maximum atomic E-state index is 12.8. The molecule has 160 valence electrons. The molecule has 30 heavy (non-hydrogen) atoms. The van der Waals surface area contributed by atoms with Crippen LogP contribution < -0.4 is 4.90 Å². The molecule has 0 N–H and O–H groups in total. The van der Waals surface area contributed by atoms with E-state index in [1.54, 1.807) is 0 Å². The SMILES string of the molecule is Cc1cccc(N2CCN(C(=O)CCc3nc(C4=CCN(C)CC4)no3)C[C@H]2C)c1. The van der Waals surface area contributed by atoms with E-state index in [0.29, 0.717) is 24.6 Å². The van der Waals surface area contributed by atoms with Crippen LogP contribution in [0.4, 0.5) is 5.69 Å². The second kappa shape index (κ2) is 9.00. The molecule has 2 aliphatic heterocycles. The van der Waals surface area contributed by atoms with Gasteiger partial charge in [0.25, 0.3) is 0 Å². The fourth-order valence-electron chi connectivity index (χ4n) is 4.21. The molecule has 0 aliphatic carbocycles. The van der Waals surface area contributed by atoms with Crippen LogP contribution in [0.15, 0.2) is 34.9 Å². The lowest BCUT2D eigenvalue weighted by atomic mass is 10.1. The van der Waals surface area contributed by atoms with Gasteiger partial charge in [-0.05, 0) is 50.6 Å². The monoisotopic (exact) mass is 409 g/mol. The van der Waals surface area contributed by atoms with Gasteiger partial charge in [0.05, 0.1) is 0 Å². The number of nitrogens with zero attached hydrogens (tertiary/aromatic N) is 5. The predicted molar refractivity (Wildman–Crippen MR) is 117 cm³/mol. The Morgan fingerprint density at radius 3 is 2.87 bits per heavy atom. The van der Waals surface area contributed by atoms with E-state index in [1.165, 1.54) is 11.3 Å². The van der Waals surface area contributed by atoms with E-state index in [2.05, 4.69) is 71.2 Å². The molecule has 0 saturated carbocycles. The van der Waals surface area contributed by atoms with E-state index in [4.69, 9.17) is 4.52 Å². The van der Waals surface area contributed by atoms with Gasteiger partial charge in [-0.3, -0.25) is 4.79 Å². The molecule has 3 heterocycles. The number of piperazine rings is 1. The van der Waals surface area contributed by atoms with Gasteiger partial charge < -0.3 is 19.2 Å². The normalized spacial score (nSPS) is 20.4. The number of likely N-dealkylation sites (N-methyl/N-ethyl adjacent to an activating group) is 1. The summed E-state index contributed by atoms with van der Waals surface area (Å²) in [5, 5.41) is 4.11. The Balaban J connectivity index is 1.29. The van der Waals surface area contributed by atoms with E-state index < -0.39 is 0 Å². The van der Waals surface area contributed by atoms with Gasteiger partial charge in [0.15, 0.2) is 5.82 Å². The number of hydrogen-bond donors (Lipinski definition) is 0.